The van der Waals surface area contributed by atoms with Crippen molar-refractivity contribution in [3.63, 3.8) is 0 Å². The number of aromatic nitrogens is 2. The first kappa shape index (κ1) is 9.71. The molecule has 2 aromatic heterocycles. The molecule has 2 heterocycles. The topological polar surface area (TPSA) is 43.6 Å². The van der Waals surface area contributed by atoms with Crippen LogP contribution in [-0.4, -0.2) is 22.5 Å². The van der Waals surface area contributed by atoms with Crippen LogP contribution < -0.4 is 0 Å². The summed E-state index contributed by atoms with van der Waals surface area (Å²) in [5.41, 5.74) is 2.24. The van der Waals surface area contributed by atoms with E-state index in [1.165, 1.54) is 7.11 Å². The first-order chi connectivity index (χ1) is 7.26. The van der Waals surface area contributed by atoms with E-state index >= 15 is 0 Å². The first-order valence-corrected chi connectivity index (χ1v) is 4.81. The van der Waals surface area contributed by atoms with Crippen LogP contribution in [0.15, 0.2) is 24.4 Å². The Hall–Kier alpha value is -1.84. The van der Waals surface area contributed by atoms with Gasteiger partial charge in [-0.25, -0.2) is 9.78 Å². The summed E-state index contributed by atoms with van der Waals surface area (Å²) < 4.78 is 6.45. The Bertz CT molecular complexity index is 502. The zero-order valence-electron chi connectivity index (χ0n) is 8.73. The van der Waals surface area contributed by atoms with Crippen LogP contribution in [0.5, 0.6) is 0 Å². The van der Waals surface area contributed by atoms with Crippen molar-refractivity contribution in [2.24, 2.45) is 0 Å². The summed E-state index contributed by atoms with van der Waals surface area (Å²) in [4.78, 5) is 15.8. The van der Waals surface area contributed by atoms with E-state index in [0.717, 1.165) is 17.8 Å². The molecule has 4 heteroatoms. The number of carbonyl (C=O) groups is 1. The van der Waals surface area contributed by atoms with Gasteiger partial charge < -0.3 is 4.74 Å². The normalized spacial score (nSPS) is 10.5. The summed E-state index contributed by atoms with van der Waals surface area (Å²) in [5.74, 6) is -0.347. The van der Waals surface area contributed by atoms with Gasteiger partial charge >= 0.3 is 5.97 Å². The molecule has 0 saturated carbocycles. The van der Waals surface area contributed by atoms with Crippen LogP contribution >= 0.6 is 0 Å². The number of imidazole rings is 1. The summed E-state index contributed by atoms with van der Waals surface area (Å²) in [6, 6.07) is 5.39. The van der Waals surface area contributed by atoms with E-state index < -0.39 is 0 Å². The summed E-state index contributed by atoms with van der Waals surface area (Å²) in [5, 5.41) is 0. The van der Waals surface area contributed by atoms with Gasteiger partial charge in [-0.3, -0.25) is 4.40 Å². The smallest absolute Gasteiger partial charge is 0.355 e. The molecule has 0 aliphatic carbocycles. The molecule has 15 heavy (non-hydrogen) atoms. The Morgan fingerprint density at radius 3 is 3.00 bits per heavy atom. The highest BCUT2D eigenvalue weighted by Gasteiger charge is 2.10. The minimum absolute atomic E-state index is 0.347. The summed E-state index contributed by atoms with van der Waals surface area (Å²) in [7, 11) is 1.37. The first-order valence-electron chi connectivity index (χ1n) is 4.81. The molecule has 2 aromatic rings. The second-order valence-electron chi connectivity index (χ2n) is 3.22. The Balaban J connectivity index is 2.64. The van der Waals surface area contributed by atoms with E-state index in [2.05, 4.69) is 4.98 Å². The monoisotopic (exact) mass is 204 g/mol. The quantitative estimate of drug-likeness (QED) is 0.699. The molecule has 0 bridgehead atoms. The average Bonchev–Trinajstić information content (AvgIpc) is 2.70. The zero-order valence-corrected chi connectivity index (χ0v) is 8.73. The number of carbonyl (C=O) groups excluding carboxylic acids is 1. The van der Waals surface area contributed by atoms with E-state index in [1.54, 1.807) is 16.5 Å². The van der Waals surface area contributed by atoms with Crippen LogP contribution in [0.25, 0.3) is 5.65 Å². The Kier molecular flexibility index (Phi) is 2.41. The maximum atomic E-state index is 11.5. The van der Waals surface area contributed by atoms with E-state index in [0.29, 0.717) is 5.69 Å². The standard InChI is InChI=1S/C11H12N2O2/c1-3-8-7-13-9(11(14)15-2)5-4-6-10(13)12-8/h4-7H,3H2,1-2H3. The minimum Gasteiger partial charge on any atom is -0.464 e. The highest BCUT2D eigenvalue weighted by atomic mass is 16.5. The molecule has 4 nitrogen and oxygen atoms in total. The number of nitrogens with zero attached hydrogens (tertiary/aromatic N) is 2. The summed E-state index contributed by atoms with van der Waals surface area (Å²) >= 11 is 0. The lowest BCUT2D eigenvalue weighted by Gasteiger charge is -2.01. The number of ether oxygens (including phenoxy) is 1. The second-order valence-corrected chi connectivity index (χ2v) is 3.22. The van der Waals surface area contributed by atoms with Gasteiger partial charge in [-0.05, 0) is 18.6 Å². The molecule has 0 saturated heterocycles. The fourth-order valence-electron chi connectivity index (χ4n) is 1.50. The molecule has 78 valence electrons. The molecule has 0 aromatic carbocycles. The number of esters is 1. The van der Waals surface area contributed by atoms with Crippen molar-refractivity contribution in [1.29, 1.82) is 0 Å². The van der Waals surface area contributed by atoms with Crippen molar-refractivity contribution in [2.75, 3.05) is 7.11 Å². The van der Waals surface area contributed by atoms with Crippen LogP contribution in [-0.2, 0) is 11.2 Å². The maximum Gasteiger partial charge on any atom is 0.355 e. The molecule has 0 N–H and O–H groups in total. The third-order valence-electron chi connectivity index (χ3n) is 2.30. The lowest BCUT2D eigenvalue weighted by atomic mass is 10.3. The van der Waals surface area contributed by atoms with Gasteiger partial charge in [-0.15, -0.1) is 0 Å². The number of fused-ring (bicyclic) bond motifs is 1. The molecule has 0 fully saturated rings. The number of methoxy groups -OCH3 is 1. The van der Waals surface area contributed by atoms with Gasteiger partial charge in [0.05, 0.1) is 12.8 Å². The van der Waals surface area contributed by atoms with Crippen LogP contribution in [0.2, 0.25) is 0 Å². The molecular formula is C11H12N2O2. The van der Waals surface area contributed by atoms with Crippen molar-refractivity contribution >= 4 is 11.6 Å². The van der Waals surface area contributed by atoms with Crippen LogP contribution in [0.3, 0.4) is 0 Å². The zero-order chi connectivity index (χ0) is 10.8. The third-order valence-corrected chi connectivity index (χ3v) is 2.30. The Labute approximate surface area is 87.5 Å². The van der Waals surface area contributed by atoms with Crippen molar-refractivity contribution in [2.45, 2.75) is 13.3 Å². The number of rotatable bonds is 2. The van der Waals surface area contributed by atoms with Crippen molar-refractivity contribution < 1.29 is 9.53 Å². The minimum atomic E-state index is -0.347. The van der Waals surface area contributed by atoms with Crippen molar-refractivity contribution in [1.82, 2.24) is 9.38 Å². The van der Waals surface area contributed by atoms with Gasteiger partial charge in [0.2, 0.25) is 0 Å². The molecular weight excluding hydrogens is 192 g/mol. The second kappa shape index (κ2) is 3.73. The molecule has 2 rings (SSSR count). The van der Waals surface area contributed by atoms with Gasteiger partial charge in [0.15, 0.2) is 0 Å². The molecule has 0 aliphatic rings. The predicted molar refractivity (Wildman–Crippen MR) is 55.9 cm³/mol. The Morgan fingerprint density at radius 1 is 1.53 bits per heavy atom. The lowest BCUT2D eigenvalue weighted by molar-refractivity contribution is 0.0592. The number of hydrogen-bond donors (Lipinski definition) is 0. The summed E-state index contributed by atoms with van der Waals surface area (Å²) in [6.07, 6.45) is 2.71. The maximum absolute atomic E-state index is 11.5. The highest BCUT2D eigenvalue weighted by Crippen LogP contribution is 2.10. The van der Waals surface area contributed by atoms with Gasteiger partial charge in [-0.1, -0.05) is 13.0 Å². The Morgan fingerprint density at radius 2 is 2.33 bits per heavy atom. The average molecular weight is 204 g/mol. The van der Waals surface area contributed by atoms with E-state index in [4.69, 9.17) is 4.74 Å². The molecule has 0 radical (unpaired) electrons. The SMILES string of the molecule is CCc1cn2c(C(=O)OC)cccc2n1. The molecule has 0 spiro atoms. The van der Waals surface area contributed by atoms with E-state index in [9.17, 15) is 4.79 Å². The van der Waals surface area contributed by atoms with Gasteiger partial charge in [0, 0.05) is 6.20 Å². The van der Waals surface area contributed by atoms with Crippen molar-refractivity contribution in [3.8, 4) is 0 Å². The fourth-order valence-corrected chi connectivity index (χ4v) is 1.50. The van der Waals surface area contributed by atoms with Gasteiger partial charge in [0.25, 0.3) is 0 Å². The fraction of sp³-hybridized carbons (Fsp3) is 0.273. The van der Waals surface area contributed by atoms with Crippen LogP contribution in [0.1, 0.15) is 23.1 Å². The van der Waals surface area contributed by atoms with E-state index in [-0.39, 0.29) is 5.97 Å². The van der Waals surface area contributed by atoms with Crippen LogP contribution in [0.4, 0.5) is 0 Å². The van der Waals surface area contributed by atoms with Crippen molar-refractivity contribution in [3.05, 3.63) is 35.8 Å². The number of aryl methyl sites for hydroxylation is 1. The third kappa shape index (κ3) is 1.58. The van der Waals surface area contributed by atoms with Gasteiger partial charge in [-0.2, -0.15) is 0 Å². The predicted octanol–water partition coefficient (Wildman–Crippen LogP) is 1.68. The largest absolute Gasteiger partial charge is 0.464 e. The molecule has 0 unspecified atom stereocenters. The molecule has 0 atom stereocenters. The number of hydrogen-bond acceptors (Lipinski definition) is 3. The number of pyridine rings is 1. The highest BCUT2D eigenvalue weighted by molar-refractivity contribution is 5.88. The summed E-state index contributed by atoms with van der Waals surface area (Å²) in [6.45, 7) is 2.03. The molecule has 0 amide bonds. The molecule has 0 aliphatic heterocycles. The van der Waals surface area contributed by atoms with E-state index in [1.807, 2.05) is 19.2 Å². The van der Waals surface area contributed by atoms with Crippen LogP contribution in [0, 0.1) is 0 Å². The van der Waals surface area contributed by atoms with Gasteiger partial charge in [0.1, 0.15) is 11.3 Å². The lowest BCUT2D eigenvalue weighted by Crippen LogP contribution is -2.06.